The van der Waals surface area contributed by atoms with E-state index in [0.29, 0.717) is 0 Å². The second kappa shape index (κ2) is 6.27. The summed E-state index contributed by atoms with van der Waals surface area (Å²) >= 11 is 9.60. The zero-order chi connectivity index (χ0) is 13.1. The van der Waals surface area contributed by atoms with E-state index in [4.69, 9.17) is 11.6 Å². The molecule has 1 heterocycles. The summed E-state index contributed by atoms with van der Waals surface area (Å²) in [5, 5.41) is 1.67. The molecule has 0 bridgehead atoms. The van der Waals surface area contributed by atoms with Gasteiger partial charge in [-0.05, 0) is 50.7 Å². The molecular formula is C14H20BrClN2. The minimum absolute atomic E-state index is 0.723. The number of anilines is 1. The van der Waals surface area contributed by atoms with Crippen molar-refractivity contribution in [3.05, 3.63) is 28.8 Å². The first kappa shape index (κ1) is 14.2. The van der Waals surface area contributed by atoms with E-state index in [0.717, 1.165) is 29.5 Å². The second-order valence-electron chi connectivity index (χ2n) is 5.09. The lowest BCUT2D eigenvalue weighted by Gasteiger charge is -2.37. The molecule has 18 heavy (non-hydrogen) atoms. The Labute approximate surface area is 123 Å². The van der Waals surface area contributed by atoms with Crippen LogP contribution in [0.25, 0.3) is 0 Å². The number of alkyl halides is 1. The fourth-order valence-electron chi connectivity index (χ4n) is 2.59. The van der Waals surface area contributed by atoms with Crippen LogP contribution in [-0.4, -0.2) is 38.1 Å². The van der Waals surface area contributed by atoms with Crippen LogP contribution in [0.15, 0.2) is 18.2 Å². The average molecular weight is 332 g/mol. The number of halogens is 2. The van der Waals surface area contributed by atoms with Crippen molar-refractivity contribution < 1.29 is 0 Å². The molecule has 1 aliphatic heterocycles. The van der Waals surface area contributed by atoms with Crippen LogP contribution in [0.3, 0.4) is 0 Å². The van der Waals surface area contributed by atoms with Crippen LogP contribution < -0.4 is 4.90 Å². The standard InChI is InChI=1S/C14H20BrClN2/c1-17(2)13-5-7-18(8-6-13)14-4-3-12(16)9-11(14)10-15/h3-4,9,13H,5-8,10H2,1-2H3. The molecule has 0 atom stereocenters. The van der Waals surface area contributed by atoms with Gasteiger partial charge in [-0.25, -0.2) is 0 Å². The summed E-state index contributed by atoms with van der Waals surface area (Å²) in [5.74, 6) is 0. The maximum absolute atomic E-state index is 6.05. The van der Waals surface area contributed by atoms with E-state index in [1.807, 2.05) is 6.07 Å². The lowest BCUT2D eigenvalue weighted by molar-refractivity contribution is 0.249. The Bertz CT molecular complexity index is 401. The van der Waals surface area contributed by atoms with Crippen molar-refractivity contribution >= 4 is 33.2 Å². The molecule has 0 saturated carbocycles. The minimum Gasteiger partial charge on any atom is -0.371 e. The molecule has 0 unspecified atom stereocenters. The summed E-state index contributed by atoms with van der Waals surface area (Å²) in [5.41, 5.74) is 2.61. The van der Waals surface area contributed by atoms with Crippen LogP contribution in [0.2, 0.25) is 5.02 Å². The molecular weight excluding hydrogens is 312 g/mol. The Morgan fingerprint density at radius 3 is 2.56 bits per heavy atom. The Morgan fingerprint density at radius 2 is 2.00 bits per heavy atom. The molecule has 4 heteroatoms. The predicted molar refractivity (Wildman–Crippen MR) is 83.0 cm³/mol. The predicted octanol–water partition coefficient (Wildman–Crippen LogP) is 3.77. The molecule has 0 aromatic heterocycles. The van der Waals surface area contributed by atoms with E-state index in [9.17, 15) is 0 Å². The van der Waals surface area contributed by atoms with Crippen molar-refractivity contribution in [3.63, 3.8) is 0 Å². The summed E-state index contributed by atoms with van der Waals surface area (Å²) < 4.78 is 0. The highest BCUT2D eigenvalue weighted by atomic mass is 79.9. The monoisotopic (exact) mass is 330 g/mol. The second-order valence-corrected chi connectivity index (χ2v) is 6.09. The topological polar surface area (TPSA) is 6.48 Å². The Morgan fingerprint density at radius 1 is 1.33 bits per heavy atom. The van der Waals surface area contributed by atoms with Gasteiger partial charge < -0.3 is 9.80 Å². The number of hydrogen-bond acceptors (Lipinski definition) is 2. The Kier molecular flexibility index (Phi) is 4.93. The maximum atomic E-state index is 6.05. The molecule has 0 spiro atoms. The molecule has 2 nitrogen and oxygen atoms in total. The van der Waals surface area contributed by atoms with Gasteiger partial charge in [0.2, 0.25) is 0 Å². The van der Waals surface area contributed by atoms with Crippen molar-refractivity contribution in [2.24, 2.45) is 0 Å². The van der Waals surface area contributed by atoms with Crippen LogP contribution in [0.4, 0.5) is 5.69 Å². The number of nitrogens with zero attached hydrogens (tertiary/aromatic N) is 2. The summed E-state index contributed by atoms with van der Waals surface area (Å²) in [6, 6.07) is 6.92. The zero-order valence-electron chi connectivity index (χ0n) is 11.0. The van der Waals surface area contributed by atoms with Gasteiger partial charge in [0.15, 0.2) is 0 Å². The molecule has 1 aromatic rings. The first-order chi connectivity index (χ1) is 8.61. The fraction of sp³-hybridized carbons (Fsp3) is 0.571. The van der Waals surface area contributed by atoms with E-state index in [1.165, 1.54) is 24.1 Å². The summed E-state index contributed by atoms with van der Waals surface area (Å²) in [7, 11) is 4.35. The summed E-state index contributed by atoms with van der Waals surface area (Å²) in [4.78, 5) is 4.82. The van der Waals surface area contributed by atoms with Gasteiger partial charge in [-0.1, -0.05) is 27.5 Å². The van der Waals surface area contributed by atoms with E-state index in [2.05, 4.69) is 52.0 Å². The van der Waals surface area contributed by atoms with Crippen molar-refractivity contribution in [2.75, 3.05) is 32.1 Å². The van der Waals surface area contributed by atoms with Gasteiger partial charge >= 0.3 is 0 Å². The third-order valence-electron chi connectivity index (χ3n) is 3.72. The largest absolute Gasteiger partial charge is 0.371 e. The van der Waals surface area contributed by atoms with Crippen LogP contribution >= 0.6 is 27.5 Å². The average Bonchev–Trinajstić information content (AvgIpc) is 2.38. The van der Waals surface area contributed by atoms with Crippen molar-refractivity contribution in [1.29, 1.82) is 0 Å². The molecule has 0 radical (unpaired) electrons. The minimum atomic E-state index is 0.723. The Hall–Kier alpha value is -0.250. The molecule has 100 valence electrons. The maximum Gasteiger partial charge on any atom is 0.0410 e. The van der Waals surface area contributed by atoms with Gasteiger partial charge in [0.1, 0.15) is 0 Å². The van der Waals surface area contributed by atoms with Gasteiger partial charge in [0.05, 0.1) is 0 Å². The van der Waals surface area contributed by atoms with Gasteiger partial charge in [0.25, 0.3) is 0 Å². The van der Waals surface area contributed by atoms with Crippen LogP contribution in [0, 0.1) is 0 Å². The van der Waals surface area contributed by atoms with Gasteiger partial charge in [-0.15, -0.1) is 0 Å². The van der Waals surface area contributed by atoms with E-state index < -0.39 is 0 Å². The highest BCUT2D eigenvalue weighted by molar-refractivity contribution is 9.08. The number of piperidine rings is 1. The Balaban J connectivity index is 2.09. The SMILES string of the molecule is CN(C)C1CCN(c2ccc(Cl)cc2CBr)CC1. The lowest BCUT2D eigenvalue weighted by Crippen LogP contribution is -2.42. The number of hydrogen-bond donors (Lipinski definition) is 0. The van der Waals surface area contributed by atoms with Crippen LogP contribution in [0.5, 0.6) is 0 Å². The fourth-order valence-corrected chi connectivity index (χ4v) is 3.24. The molecule has 1 aromatic carbocycles. The number of benzene rings is 1. The lowest BCUT2D eigenvalue weighted by atomic mass is 10.0. The third-order valence-corrected chi connectivity index (χ3v) is 4.56. The van der Waals surface area contributed by atoms with E-state index >= 15 is 0 Å². The highest BCUT2D eigenvalue weighted by Gasteiger charge is 2.21. The molecule has 1 fully saturated rings. The van der Waals surface area contributed by atoms with E-state index in [-0.39, 0.29) is 0 Å². The van der Waals surface area contributed by atoms with Crippen LogP contribution in [-0.2, 0) is 5.33 Å². The molecule has 0 aliphatic carbocycles. The van der Waals surface area contributed by atoms with Crippen molar-refractivity contribution in [1.82, 2.24) is 4.90 Å². The van der Waals surface area contributed by atoms with Crippen LogP contribution in [0.1, 0.15) is 18.4 Å². The normalized spacial score (nSPS) is 17.5. The molecule has 0 N–H and O–H groups in total. The highest BCUT2D eigenvalue weighted by Crippen LogP contribution is 2.29. The quantitative estimate of drug-likeness (QED) is 0.778. The first-order valence-corrected chi connectivity index (χ1v) is 7.87. The van der Waals surface area contributed by atoms with E-state index in [1.54, 1.807) is 0 Å². The first-order valence-electron chi connectivity index (χ1n) is 6.37. The zero-order valence-corrected chi connectivity index (χ0v) is 13.3. The molecule has 1 aliphatic rings. The van der Waals surface area contributed by atoms with Gasteiger partial charge in [0, 0.05) is 35.2 Å². The van der Waals surface area contributed by atoms with Gasteiger partial charge in [-0.2, -0.15) is 0 Å². The van der Waals surface area contributed by atoms with Crippen molar-refractivity contribution in [3.8, 4) is 0 Å². The third kappa shape index (κ3) is 3.19. The molecule has 2 rings (SSSR count). The summed E-state index contributed by atoms with van der Waals surface area (Å²) in [6.07, 6.45) is 2.47. The van der Waals surface area contributed by atoms with Gasteiger partial charge in [-0.3, -0.25) is 0 Å². The molecule has 1 saturated heterocycles. The van der Waals surface area contributed by atoms with Crippen molar-refractivity contribution in [2.45, 2.75) is 24.2 Å². The smallest absolute Gasteiger partial charge is 0.0410 e. The summed E-state index contributed by atoms with van der Waals surface area (Å²) in [6.45, 7) is 2.26. The molecule has 0 amide bonds. The number of rotatable bonds is 3.